The van der Waals surface area contributed by atoms with E-state index < -0.39 is 15.3 Å². The van der Waals surface area contributed by atoms with Crippen molar-refractivity contribution >= 4 is 37.6 Å². The van der Waals surface area contributed by atoms with E-state index in [0.29, 0.717) is 25.9 Å². The number of primary sulfonamides is 1. The van der Waals surface area contributed by atoms with E-state index >= 15 is 0 Å². The van der Waals surface area contributed by atoms with Gasteiger partial charge in [0.15, 0.2) is 0 Å². The number of aromatic nitrogens is 5. The quantitative estimate of drug-likeness (QED) is 0.403. The number of fused-ring (bicyclic) bond motifs is 2. The zero-order valence-corrected chi connectivity index (χ0v) is 21.0. The fourth-order valence-corrected chi connectivity index (χ4v) is 6.06. The highest BCUT2D eigenvalue weighted by molar-refractivity contribution is 7.89. The maximum Gasteiger partial charge on any atom is 0.212 e. The minimum atomic E-state index is -3.50. The fourth-order valence-electron chi connectivity index (χ4n) is 5.19. The number of anilines is 1. The Balaban J connectivity index is 1.39. The molecule has 0 spiro atoms. The van der Waals surface area contributed by atoms with Gasteiger partial charge < -0.3 is 4.90 Å². The van der Waals surface area contributed by atoms with Gasteiger partial charge in [0.25, 0.3) is 0 Å². The third-order valence-electron chi connectivity index (χ3n) is 7.03. The zero-order valence-electron chi connectivity index (χ0n) is 20.2. The second-order valence-corrected chi connectivity index (χ2v) is 11.3. The third kappa shape index (κ3) is 3.82. The first-order valence-electron chi connectivity index (χ1n) is 11.9. The molecule has 9 nitrogen and oxygen atoms in total. The number of benzene rings is 2. The molecule has 4 heterocycles. The fraction of sp³-hybridized carbons (Fsp3) is 0.269. The first-order chi connectivity index (χ1) is 17.3. The van der Waals surface area contributed by atoms with Gasteiger partial charge in [-0.2, -0.15) is 10.2 Å². The monoisotopic (exact) mass is 501 g/mol. The number of pyridine rings is 1. The topological polar surface area (TPSA) is 112 Å². The highest BCUT2D eigenvalue weighted by atomic mass is 32.2. The summed E-state index contributed by atoms with van der Waals surface area (Å²) >= 11 is 0. The number of rotatable bonds is 4. The Bertz CT molecular complexity index is 1700. The van der Waals surface area contributed by atoms with Crippen molar-refractivity contribution in [2.75, 3.05) is 18.0 Å². The van der Waals surface area contributed by atoms with Crippen LogP contribution < -0.4 is 10.0 Å². The van der Waals surface area contributed by atoms with Crippen molar-refractivity contribution in [1.82, 2.24) is 24.5 Å². The highest BCUT2D eigenvalue weighted by Crippen LogP contribution is 2.35. The summed E-state index contributed by atoms with van der Waals surface area (Å²) in [5.41, 5.74) is 5.90. The lowest BCUT2D eigenvalue weighted by Crippen LogP contribution is -2.41. The maximum absolute atomic E-state index is 11.7. The predicted octanol–water partition coefficient (Wildman–Crippen LogP) is 3.54. The van der Waals surface area contributed by atoms with Crippen LogP contribution in [-0.2, 0) is 17.1 Å². The van der Waals surface area contributed by atoms with Gasteiger partial charge in [0.1, 0.15) is 11.5 Å². The van der Waals surface area contributed by atoms with Crippen molar-refractivity contribution < 1.29 is 8.42 Å². The Morgan fingerprint density at radius 1 is 0.972 bits per heavy atom. The summed E-state index contributed by atoms with van der Waals surface area (Å²) in [6.45, 7) is 3.30. The Hall–Kier alpha value is -3.76. The second kappa shape index (κ2) is 8.42. The molecule has 1 fully saturated rings. The number of nitrogens with zero attached hydrogens (tertiary/aromatic N) is 6. The van der Waals surface area contributed by atoms with Crippen molar-refractivity contribution in [3.63, 3.8) is 0 Å². The lowest BCUT2D eigenvalue weighted by molar-refractivity contribution is 0.529. The van der Waals surface area contributed by atoms with Crippen LogP contribution in [0.15, 0.2) is 60.9 Å². The number of para-hydroxylation sites is 1. The van der Waals surface area contributed by atoms with Crippen molar-refractivity contribution in [3.05, 3.63) is 66.5 Å². The molecule has 5 aromatic rings. The van der Waals surface area contributed by atoms with Crippen LogP contribution in [0, 0.1) is 6.92 Å². The number of sulfonamides is 1. The van der Waals surface area contributed by atoms with E-state index in [1.165, 1.54) is 0 Å². The largest absolute Gasteiger partial charge is 0.357 e. The number of hydrogen-bond donors (Lipinski definition) is 1. The Morgan fingerprint density at radius 3 is 2.47 bits per heavy atom. The van der Waals surface area contributed by atoms with Crippen LogP contribution in [0.4, 0.5) is 5.82 Å². The van der Waals surface area contributed by atoms with Crippen molar-refractivity contribution in [1.29, 1.82) is 0 Å². The summed E-state index contributed by atoms with van der Waals surface area (Å²) < 4.78 is 27.1. The summed E-state index contributed by atoms with van der Waals surface area (Å²) in [4.78, 5) is 6.81. The SMILES string of the molecule is Cc1cccc2c(-c3cccc4nn(C)cc34)nn(-c3ccc(N4CCC(S(N)(=O)=O)CC4)nc3)c12. The van der Waals surface area contributed by atoms with Gasteiger partial charge in [0.2, 0.25) is 10.0 Å². The Kier molecular flexibility index (Phi) is 5.31. The van der Waals surface area contributed by atoms with Crippen molar-refractivity contribution in [2.45, 2.75) is 25.0 Å². The molecule has 0 radical (unpaired) electrons. The summed E-state index contributed by atoms with van der Waals surface area (Å²) in [7, 11) is -1.57. The molecule has 1 aliphatic heterocycles. The molecule has 0 unspecified atom stereocenters. The molecule has 184 valence electrons. The van der Waals surface area contributed by atoms with Crippen molar-refractivity contribution in [3.8, 4) is 16.9 Å². The average molecular weight is 502 g/mol. The van der Waals surface area contributed by atoms with E-state index in [4.69, 9.17) is 15.2 Å². The predicted molar refractivity (Wildman–Crippen MR) is 142 cm³/mol. The first kappa shape index (κ1) is 22.7. The lowest BCUT2D eigenvalue weighted by Gasteiger charge is -2.31. The lowest BCUT2D eigenvalue weighted by atomic mass is 10.0. The molecule has 2 N–H and O–H groups in total. The van der Waals surface area contributed by atoms with E-state index in [0.717, 1.165) is 50.1 Å². The number of hydrogen-bond acceptors (Lipinski definition) is 6. The number of aryl methyl sites for hydroxylation is 2. The van der Waals surface area contributed by atoms with Crippen molar-refractivity contribution in [2.24, 2.45) is 12.2 Å². The van der Waals surface area contributed by atoms with Gasteiger partial charge in [-0.05, 0) is 43.5 Å². The molecule has 0 amide bonds. The highest BCUT2D eigenvalue weighted by Gasteiger charge is 2.28. The second-order valence-electron chi connectivity index (χ2n) is 9.42. The van der Waals surface area contributed by atoms with Gasteiger partial charge >= 0.3 is 0 Å². The van der Waals surface area contributed by atoms with E-state index in [9.17, 15) is 8.42 Å². The molecule has 2 aromatic carbocycles. The smallest absolute Gasteiger partial charge is 0.212 e. The number of piperidine rings is 1. The van der Waals surface area contributed by atoms with Gasteiger partial charge in [0, 0.05) is 42.7 Å². The third-order valence-corrected chi connectivity index (χ3v) is 8.43. The molecule has 36 heavy (non-hydrogen) atoms. The standard InChI is InChI=1S/C26H27N7O2S/c1-17-5-3-7-21-25(20-6-4-8-23-22(20)16-31(2)29-23)30-33(26(17)21)18-9-10-24(28-15-18)32-13-11-19(12-14-32)36(27,34)35/h3-10,15-16,19H,11-14H2,1-2H3,(H2,27,34,35). The van der Waals surface area contributed by atoms with E-state index in [2.05, 4.69) is 41.2 Å². The van der Waals surface area contributed by atoms with Gasteiger partial charge in [-0.3, -0.25) is 4.68 Å². The Morgan fingerprint density at radius 2 is 1.75 bits per heavy atom. The summed E-state index contributed by atoms with van der Waals surface area (Å²) in [6, 6.07) is 16.4. The molecule has 0 atom stereocenters. The van der Waals surface area contributed by atoms with Crippen LogP contribution in [-0.4, -0.2) is 51.3 Å². The van der Waals surface area contributed by atoms with Gasteiger partial charge in [-0.15, -0.1) is 0 Å². The molecule has 0 bridgehead atoms. The molecular formula is C26H27N7O2S. The zero-order chi connectivity index (χ0) is 25.0. The molecular weight excluding hydrogens is 474 g/mol. The van der Waals surface area contributed by atoms with Gasteiger partial charge in [-0.25, -0.2) is 23.2 Å². The van der Waals surface area contributed by atoms with Crippen LogP contribution >= 0.6 is 0 Å². The summed E-state index contributed by atoms with van der Waals surface area (Å²) in [5, 5.41) is 16.6. The average Bonchev–Trinajstić information content (AvgIpc) is 3.44. The van der Waals surface area contributed by atoms with E-state index in [1.807, 2.05) is 53.1 Å². The number of nitrogens with two attached hydrogens (primary N) is 1. The normalized spacial score (nSPS) is 15.2. The van der Waals surface area contributed by atoms with E-state index in [1.54, 1.807) is 0 Å². The summed E-state index contributed by atoms with van der Waals surface area (Å²) in [6.07, 6.45) is 4.87. The van der Waals surface area contributed by atoms with E-state index in [-0.39, 0.29) is 0 Å². The maximum atomic E-state index is 11.7. The molecule has 6 rings (SSSR count). The molecule has 3 aromatic heterocycles. The minimum Gasteiger partial charge on any atom is -0.357 e. The summed E-state index contributed by atoms with van der Waals surface area (Å²) in [5.74, 6) is 0.820. The first-order valence-corrected chi connectivity index (χ1v) is 13.5. The molecule has 1 saturated heterocycles. The van der Waals surface area contributed by atoms with Crippen LogP contribution in [0.1, 0.15) is 18.4 Å². The molecule has 10 heteroatoms. The van der Waals surface area contributed by atoms with Crippen LogP contribution in [0.3, 0.4) is 0 Å². The van der Waals surface area contributed by atoms with Crippen LogP contribution in [0.2, 0.25) is 0 Å². The Labute approximate surface area is 209 Å². The molecule has 0 saturated carbocycles. The minimum absolute atomic E-state index is 0.478. The van der Waals surface area contributed by atoms with Gasteiger partial charge in [-0.1, -0.05) is 30.3 Å². The molecule has 0 aliphatic carbocycles. The van der Waals surface area contributed by atoms with Gasteiger partial charge in [0.05, 0.1) is 28.2 Å². The molecule has 1 aliphatic rings. The van der Waals surface area contributed by atoms with Crippen LogP contribution in [0.25, 0.3) is 38.8 Å². The van der Waals surface area contributed by atoms with Crippen LogP contribution in [0.5, 0.6) is 0 Å².